The van der Waals surface area contributed by atoms with Gasteiger partial charge in [-0.1, -0.05) is 6.07 Å². The molecule has 3 N–H and O–H groups in total. The summed E-state index contributed by atoms with van der Waals surface area (Å²) >= 11 is 0. The van der Waals surface area contributed by atoms with E-state index >= 15 is 0 Å². The van der Waals surface area contributed by atoms with Crippen molar-refractivity contribution in [2.45, 2.75) is 13.2 Å². The summed E-state index contributed by atoms with van der Waals surface area (Å²) in [6, 6.07) is 12.0. The van der Waals surface area contributed by atoms with Crippen LogP contribution in [0.5, 0.6) is 11.5 Å². The Balaban J connectivity index is 1.28. The Hall–Kier alpha value is -5.46. The summed E-state index contributed by atoms with van der Waals surface area (Å²) in [5.41, 5.74) is 5.40. The van der Waals surface area contributed by atoms with Crippen LogP contribution in [0.2, 0.25) is 0 Å². The molecular weight excluding hydrogens is 508 g/mol. The molecule has 0 saturated heterocycles. The summed E-state index contributed by atoms with van der Waals surface area (Å²) < 4.78 is 36.0. The maximum absolute atomic E-state index is 13.5. The number of nitrogens with zero attached hydrogens (tertiary/aromatic N) is 6. The number of aromatic amines is 1. The Morgan fingerprint density at radius 2 is 1.72 bits per heavy atom. The highest BCUT2D eigenvalue weighted by atomic mass is 19.3. The molecule has 4 aromatic heterocycles. The minimum absolute atomic E-state index is 0.0394. The first-order valence-corrected chi connectivity index (χ1v) is 11.7. The van der Waals surface area contributed by atoms with Gasteiger partial charge in [0.1, 0.15) is 35.5 Å². The van der Waals surface area contributed by atoms with Crippen molar-refractivity contribution in [2.24, 2.45) is 0 Å². The van der Waals surface area contributed by atoms with E-state index in [0.717, 1.165) is 16.8 Å². The number of aryl methyl sites for hydroxylation is 1. The third kappa shape index (κ3) is 3.96. The van der Waals surface area contributed by atoms with Crippen molar-refractivity contribution in [1.82, 2.24) is 34.9 Å². The number of pyridine rings is 1. The molecule has 0 amide bonds. The molecule has 0 unspecified atom stereocenters. The second kappa shape index (κ2) is 8.55. The van der Waals surface area contributed by atoms with Crippen LogP contribution in [0.1, 0.15) is 5.56 Å². The van der Waals surface area contributed by atoms with Crippen LogP contribution in [0.4, 0.5) is 31.8 Å². The van der Waals surface area contributed by atoms with Crippen LogP contribution in [0.25, 0.3) is 33.3 Å². The SMILES string of the molecule is Cc1ccc2c(Nc3ccc4c(c3)OC(F)(F)O4)ncnc2c1Nc1ncccc1-c1ncnc2nc[nH]c12. The molecule has 0 radical (unpaired) electrons. The second-order valence-electron chi connectivity index (χ2n) is 8.68. The summed E-state index contributed by atoms with van der Waals surface area (Å²) in [5.74, 6) is 0.931. The van der Waals surface area contributed by atoms with E-state index in [9.17, 15) is 8.78 Å². The fourth-order valence-corrected chi connectivity index (χ4v) is 4.44. The third-order valence-corrected chi connectivity index (χ3v) is 6.21. The lowest BCUT2D eigenvalue weighted by molar-refractivity contribution is -0.286. The number of nitrogens with one attached hydrogen (secondary N) is 3. The van der Waals surface area contributed by atoms with Crippen LogP contribution < -0.4 is 20.1 Å². The van der Waals surface area contributed by atoms with Gasteiger partial charge in [-0.05, 0) is 42.8 Å². The number of imidazole rings is 1. The van der Waals surface area contributed by atoms with Crippen LogP contribution in [-0.4, -0.2) is 41.2 Å². The molecule has 2 aromatic carbocycles. The molecule has 0 spiro atoms. The summed E-state index contributed by atoms with van der Waals surface area (Å²) in [4.78, 5) is 29.5. The maximum atomic E-state index is 13.5. The molecule has 0 fully saturated rings. The minimum Gasteiger partial charge on any atom is -0.395 e. The number of fused-ring (bicyclic) bond motifs is 3. The Labute approximate surface area is 218 Å². The standard InChI is InChI=1S/C26H17F2N9O2/c1-13-4-6-16-20(30-10-33-24(16)36-14-5-7-17-18(9-14)39-26(27,28)38-17)19(13)37-23-15(3-2-8-29-23)21-22-25(34-11-31-21)35-12-32-22/h2-12H,1H3,(H,29,37)(H,30,33,36)(H,31,32,34,35). The minimum atomic E-state index is -3.69. The number of H-pyrrole nitrogens is 1. The highest BCUT2D eigenvalue weighted by Gasteiger charge is 2.43. The van der Waals surface area contributed by atoms with Gasteiger partial charge in [0.15, 0.2) is 17.1 Å². The average molecular weight is 525 g/mol. The number of ether oxygens (including phenoxy) is 2. The monoisotopic (exact) mass is 525 g/mol. The number of hydrogen-bond acceptors (Lipinski definition) is 10. The largest absolute Gasteiger partial charge is 0.586 e. The van der Waals surface area contributed by atoms with Gasteiger partial charge in [0, 0.05) is 28.9 Å². The van der Waals surface area contributed by atoms with Gasteiger partial charge in [-0.25, -0.2) is 29.9 Å². The summed E-state index contributed by atoms with van der Waals surface area (Å²) in [6.45, 7) is 1.95. The number of hydrogen-bond donors (Lipinski definition) is 3. The number of benzene rings is 2. The van der Waals surface area contributed by atoms with E-state index in [-0.39, 0.29) is 11.5 Å². The summed E-state index contributed by atoms with van der Waals surface area (Å²) in [5, 5.41) is 7.29. The van der Waals surface area contributed by atoms with Crippen molar-refractivity contribution in [3.8, 4) is 22.8 Å². The van der Waals surface area contributed by atoms with E-state index in [2.05, 4.69) is 55.0 Å². The Morgan fingerprint density at radius 3 is 2.64 bits per heavy atom. The van der Waals surface area contributed by atoms with Crippen molar-refractivity contribution in [3.63, 3.8) is 0 Å². The molecule has 39 heavy (non-hydrogen) atoms. The summed E-state index contributed by atoms with van der Waals surface area (Å²) in [7, 11) is 0. The Bertz CT molecular complexity index is 1890. The van der Waals surface area contributed by atoms with Gasteiger partial charge in [0.25, 0.3) is 0 Å². The molecule has 1 aliphatic rings. The van der Waals surface area contributed by atoms with E-state index < -0.39 is 6.29 Å². The number of alkyl halides is 2. The molecule has 7 rings (SSSR count). The molecule has 13 heteroatoms. The molecule has 5 heterocycles. The molecule has 6 aromatic rings. The normalized spacial score (nSPS) is 13.6. The van der Waals surface area contributed by atoms with Crippen molar-refractivity contribution in [1.29, 1.82) is 0 Å². The van der Waals surface area contributed by atoms with Gasteiger partial charge in [-0.15, -0.1) is 8.78 Å². The third-order valence-electron chi connectivity index (χ3n) is 6.21. The Morgan fingerprint density at radius 1 is 0.846 bits per heavy atom. The molecule has 11 nitrogen and oxygen atoms in total. The van der Waals surface area contributed by atoms with Crippen molar-refractivity contribution >= 4 is 45.1 Å². The van der Waals surface area contributed by atoms with Crippen molar-refractivity contribution in [3.05, 3.63) is 73.2 Å². The van der Waals surface area contributed by atoms with Gasteiger partial charge in [0.05, 0.1) is 17.5 Å². The smallest absolute Gasteiger partial charge is 0.395 e. The zero-order chi connectivity index (χ0) is 26.6. The zero-order valence-corrected chi connectivity index (χ0v) is 20.1. The first kappa shape index (κ1) is 22.7. The Kier molecular flexibility index (Phi) is 4.98. The number of halogens is 2. The first-order chi connectivity index (χ1) is 18.9. The number of rotatable bonds is 5. The maximum Gasteiger partial charge on any atom is 0.586 e. The number of anilines is 4. The van der Waals surface area contributed by atoms with Gasteiger partial charge >= 0.3 is 6.29 Å². The highest BCUT2D eigenvalue weighted by Crippen LogP contribution is 2.43. The van der Waals surface area contributed by atoms with Gasteiger partial charge in [-0.2, -0.15) is 0 Å². The fraction of sp³-hybridized carbons (Fsp3) is 0.0769. The quantitative estimate of drug-likeness (QED) is 0.266. The molecule has 1 aliphatic heterocycles. The number of aromatic nitrogens is 7. The van der Waals surface area contributed by atoms with Gasteiger partial charge in [-0.3, -0.25) is 0 Å². The average Bonchev–Trinajstić information content (AvgIpc) is 3.53. The van der Waals surface area contributed by atoms with Crippen molar-refractivity contribution < 1.29 is 18.3 Å². The zero-order valence-electron chi connectivity index (χ0n) is 20.1. The lowest BCUT2D eigenvalue weighted by atomic mass is 10.1. The molecule has 0 atom stereocenters. The van der Waals surface area contributed by atoms with Crippen LogP contribution in [-0.2, 0) is 0 Å². The predicted octanol–water partition coefficient (Wildman–Crippen LogP) is 5.48. The van der Waals surface area contributed by atoms with E-state index in [1.54, 1.807) is 18.6 Å². The fourth-order valence-electron chi connectivity index (χ4n) is 4.44. The molecule has 192 valence electrons. The lowest BCUT2D eigenvalue weighted by Gasteiger charge is -2.16. The van der Waals surface area contributed by atoms with Crippen molar-refractivity contribution in [2.75, 3.05) is 10.6 Å². The van der Waals surface area contributed by atoms with E-state index in [1.165, 1.54) is 24.8 Å². The molecule has 0 aliphatic carbocycles. The van der Waals surface area contributed by atoms with E-state index in [4.69, 9.17) is 0 Å². The van der Waals surface area contributed by atoms with E-state index in [0.29, 0.717) is 45.1 Å². The van der Waals surface area contributed by atoms with E-state index in [1.807, 2.05) is 31.2 Å². The summed E-state index contributed by atoms with van der Waals surface area (Å²) in [6.07, 6.45) is 2.44. The van der Waals surface area contributed by atoms with Crippen LogP contribution in [0.3, 0.4) is 0 Å². The van der Waals surface area contributed by atoms with Crippen LogP contribution >= 0.6 is 0 Å². The predicted molar refractivity (Wildman–Crippen MR) is 138 cm³/mol. The molecule has 0 bridgehead atoms. The molecule has 0 saturated carbocycles. The van der Waals surface area contributed by atoms with Crippen LogP contribution in [0, 0.1) is 6.92 Å². The van der Waals surface area contributed by atoms with Gasteiger partial charge in [0.2, 0.25) is 0 Å². The second-order valence-corrected chi connectivity index (χ2v) is 8.68. The van der Waals surface area contributed by atoms with Crippen LogP contribution in [0.15, 0.2) is 67.6 Å². The topological polar surface area (TPSA) is 136 Å². The van der Waals surface area contributed by atoms with Gasteiger partial charge < -0.3 is 25.1 Å². The molecular formula is C26H17F2N9O2. The first-order valence-electron chi connectivity index (χ1n) is 11.7. The highest BCUT2D eigenvalue weighted by molar-refractivity contribution is 6.01. The lowest BCUT2D eigenvalue weighted by Crippen LogP contribution is -2.25.